The summed E-state index contributed by atoms with van der Waals surface area (Å²) in [5.41, 5.74) is 0. The number of tetrazole rings is 1. The van der Waals surface area contributed by atoms with Crippen LogP contribution in [0.3, 0.4) is 0 Å². The maximum Gasteiger partial charge on any atom is 0.154 e. The molecule has 1 unspecified atom stereocenters. The van der Waals surface area contributed by atoms with Gasteiger partial charge in [0.25, 0.3) is 0 Å². The van der Waals surface area contributed by atoms with Gasteiger partial charge in [0.2, 0.25) is 0 Å². The zero-order valence-corrected chi connectivity index (χ0v) is 8.40. The zero-order valence-electron chi connectivity index (χ0n) is 8.40. The van der Waals surface area contributed by atoms with Crippen LogP contribution in [0, 0.1) is 6.92 Å². The molecule has 0 saturated carbocycles. The molecule has 73 valence electrons. The highest BCUT2D eigenvalue weighted by Crippen LogP contribution is 2.14. The number of hydrogen-bond donors (Lipinski definition) is 0. The Bertz CT molecular complexity index is 244. The van der Waals surface area contributed by atoms with E-state index in [1.165, 1.54) is 0 Å². The highest BCUT2D eigenvalue weighted by molar-refractivity contribution is 4.89. The average Bonchev–Trinajstić information content (AvgIpc) is 2.61. The van der Waals surface area contributed by atoms with Gasteiger partial charge in [-0.3, -0.25) is 0 Å². The fourth-order valence-corrected chi connectivity index (χ4v) is 1.17. The van der Waals surface area contributed by atoms with Gasteiger partial charge in [-0.15, -0.1) is 5.10 Å². The molecule has 0 aliphatic rings. The number of rotatable bonds is 5. The molecule has 1 aromatic heterocycles. The van der Waals surface area contributed by atoms with Crippen LogP contribution in [0.1, 0.15) is 44.9 Å². The summed E-state index contributed by atoms with van der Waals surface area (Å²) in [5, 5.41) is 11.7. The summed E-state index contributed by atoms with van der Waals surface area (Å²) < 4.78 is 1.89. The third-order valence-corrected chi connectivity index (χ3v) is 2.23. The molecule has 1 aromatic rings. The van der Waals surface area contributed by atoms with Crippen molar-refractivity contribution >= 4 is 0 Å². The molecule has 1 radical (unpaired) electrons. The summed E-state index contributed by atoms with van der Waals surface area (Å²) in [4.78, 5) is 0. The first-order valence-electron chi connectivity index (χ1n) is 4.84. The summed E-state index contributed by atoms with van der Waals surface area (Å²) in [6, 6.07) is 0. The molecule has 0 aromatic carbocycles. The van der Waals surface area contributed by atoms with Crippen LogP contribution in [0.15, 0.2) is 0 Å². The van der Waals surface area contributed by atoms with E-state index in [1.807, 2.05) is 4.68 Å². The second-order valence-corrected chi connectivity index (χ2v) is 3.28. The molecular formula is C9H17N4. The fourth-order valence-electron chi connectivity index (χ4n) is 1.17. The lowest BCUT2D eigenvalue weighted by atomic mass is 10.1. The molecule has 1 atom stereocenters. The van der Waals surface area contributed by atoms with Gasteiger partial charge in [-0.1, -0.05) is 27.2 Å². The molecule has 13 heavy (non-hydrogen) atoms. The first-order chi connectivity index (χ1) is 6.29. The summed E-state index contributed by atoms with van der Waals surface area (Å²) >= 11 is 0. The third-order valence-electron chi connectivity index (χ3n) is 2.23. The second kappa shape index (κ2) is 4.94. The van der Waals surface area contributed by atoms with E-state index in [0.29, 0.717) is 5.92 Å². The van der Waals surface area contributed by atoms with E-state index in [4.69, 9.17) is 0 Å². The average molecular weight is 181 g/mol. The van der Waals surface area contributed by atoms with Crippen LogP contribution >= 0.6 is 0 Å². The fraction of sp³-hybridized carbons (Fsp3) is 0.778. The molecule has 0 fully saturated rings. The summed E-state index contributed by atoms with van der Waals surface area (Å²) in [5.74, 6) is 1.44. The molecule has 0 saturated heterocycles. The molecule has 0 aliphatic carbocycles. The molecule has 4 nitrogen and oxygen atoms in total. The normalized spacial score (nSPS) is 13.2. The van der Waals surface area contributed by atoms with Crippen molar-refractivity contribution in [2.75, 3.05) is 0 Å². The Balaban J connectivity index is 2.65. The van der Waals surface area contributed by atoms with E-state index in [9.17, 15) is 0 Å². The van der Waals surface area contributed by atoms with Crippen molar-refractivity contribution in [3.8, 4) is 0 Å². The molecule has 0 spiro atoms. The molecule has 1 heterocycles. The van der Waals surface area contributed by atoms with Gasteiger partial charge in [-0.05, 0) is 23.3 Å². The number of unbranched alkanes of at least 4 members (excludes halogenated alkanes) is 1. The van der Waals surface area contributed by atoms with Crippen molar-refractivity contribution in [2.45, 2.75) is 45.6 Å². The molecule has 0 N–H and O–H groups in total. The predicted octanol–water partition coefficient (Wildman–Crippen LogP) is 1.80. The molecule has 0 aliphatic heterocycles. The van der Waals surface area contributed by atoms with Gasteiger partial charge in [0, 0.05) is 12.5 Å². The Morgan fingerprint density at radius 3 is 2.92 bits per heavy atom. The van der Waals surface area contributed by atoms with Crippen LogP contribution in [0.5, 0.6) is 0 Å². The first-order valence-corrected chi connectivity index (χ1v) is 4.84. The van der Waals surface area contributed by atoms with Crippen molar-refractivity contribution < 1.29 is 0 Å². The lowest BCUT2D eigenvalue weighted by Crippen LogP contribution is -2.08. The van der Waals surface area contributed by atoms with Crippen molar-refractivity contribution in [3.05, 3.63) is 12.7 Å². The third kappa shape index (κ3) is 2.50. The maximum atomic E-state index is 4.02. The largest absolute Gasteiger partial charge is 0.229 e. The minimum Gasteiger partial charge on any atom is -0.229 e. The Morgan fingerprint density at radius 1 is 1.54 bits per heavy atom. The van der Waals surface area contributed by atoms with Gasteiger partial charge in [-0.2, -0.15) is 0 Å². The maximum absolute atomic E-state index is 4.02. The summed E-state index contributed by atoms with van der Waals surface area (Å²) in [6.07, 6.45) is 3.04. The van der Waals surface area contributed by atoms with E-state index < -0.39 is 0 Å². The quantitative estimate of drug-likeness (QED) is 0.695. The monoisotopic (exact) mass is 181 g/mol. The Hall–Kier alpha value is -0.930. The minimum atomic E-state index is 0.444. The lowest BCUT2D eigenvalue weighted by Gasteiger charge is -2.07. The highest BCUT2D eigenvalue weighted by Gasteiger charge is 2.11. The van der Waals surface area contributed by atoms with Crippen LogP contribution in [0.2, 0.25) is 0 Å². The van der Waals surface area contributed by atoms with Crippen molar-refractivity contribution in [1.82, 2.24) is 20.2 Å². The van der Waals surface area contributed by atoms with E-state index in [-0.39, 0.29) is 0 Å². The van der Waals surface area contributed by atoms with Crippen LogP contribution in [0.25, 0.3) is 0 Å². The number of hydrogen-bond acceptors (Lipinski definition) is 3. The number of nitrogens with zero attached hydrogens (tertiary/aromatic N) is 4. The van der Waals surface area contributed by atoms with Gasteiger partial charge in [0.05, 0.1) is 0 Å². The molecule has 4 heteroatoms. The molecule has 0 amide bonds. The SMILES string of the molecule is [CH2]CCCn1nnnc1C(C)CC. The van der Waals surface area contributed by atoms with Crippen LogP contribution < -0.4 is 0 Å². The van der Waals surface area contributed by atoms with E-state index in [1.54, 1.807) is 0 Å². The zero-order chi connectivity index (χ0) is 9.68. The predicted molar refractivity (Wildman–Crippen MR) is 51.1 cm³/mol. The van der Waals surface area contributed by atoms with Gasteiger partial charge < -0.3 is 0 Å². The van der Waals surface area contributed by atoms with Crippen LogP contribution in [-0.2, 0) is 6.54 Å². The Kier molecular flexibility index (Phi) is 3.86. The van der Waals surface area contributed by atoms with E-state index in [2.05, 4.69) is 36.3 Å². The van der Waals surface area contributed by atoms with Crippen molar-refractivity contribution in [1.29, 1.82) is 0 Å². The van der Waals surface area contributed by atoms with Crippen molar-refractivity contribution in [2.24, 2.45) is 0 Å². The van der Waals surface area contributed by atoms with Gasteiger partial charge in [-0.25, -0.2) is 4.68 Å². The molecular weight excluding hydrogens is 164 g/mol. The van der Waals surface area contributed by atoms with Crippen LogP contribution in [0.4, 0.5) is 0 Å². The summed E-state index contributed by atoms with van der Waals surface area (Å²) in [7, 11) is 0. The van der Waals surface area contributed by atoms with Gasteiger partial charge in [0.1, 0.15) is 0 Å². The van der Waals surface area contributed by atoms with E-state index in [0.717, 1.165) is 31.6 Å². The van der Waals surface area contributed by atoms with Crippen LogP contribution in [-0.4, -0.2) is 20.2 Å². The number of aromatic nitrogens is 4. The number of aryl methyl sites for hydroxylation is 1. The molecule has 1 rings (SSSR count). The highest BCUT2D eigenvalue weighted by atomic mass is 15.5. The Morgan fingerprint density at radius 2 is 2.31 bits per heavy atom. The second-order valence-electron chi connectivity index (χ2n) is 3.28. The summed E-state index contributed by atoms with van der Waals surface area (Å²) in [6.45, 7) is 8.97. The first kappa shape index (κ1) is 10.2. The van der Waals surface area contributed by atoms with E-state index >= 15 is 0 Å². The standard InChI is InChI=1S/C9H17N4/c1-4-6-7-13-9(8(3)5-2)10-11-12-13/h8H,1,4-7H2,2-3H3. The smallest absolute Gasteiger partial charge is 0.154 e. The topological polar surface area (TPSA) is 43.6 Å². The lowest BCUT2D eigenvalue weighted by molar-refractivity contribution is 0.515. The van der Waals surface area contributed by atoms with Crippen molar-refractivity contribution in [3.63, 3.8) is 0 Å². The minimum absolute atomic E-state index is 0.444. The molecule has 0 bridgehead atoms. The Labute approximate surface area is 79.3 Å². The van der Waals surface area contributed by atoms with Gasteiger partial charge >= 0.3 is 0 Å². The van der Waals surface area contributed by atoms with Gasteiger partial charge in [0.15, 0.2) is 5.82 Å².